The van der Waals surface area contributed by atoms with E-state index in [9.17, 15) is 14.4 Å². The fourth-order valence-electron chi connectivity index (χ4n) is 3.57. The van der Waals surface area contributed by atoms with Crippen molar-refractivity contribution < 1.29 is 23.3 Å². The van der Waals surface area contributed by atoms with Gasteiger partial charge < -0.3 is 13.7 Å². The highest BCUT2D eigenvalue weighted by molar-refractivity contribution is 6.00. The molecule has 0 spiro atoms. The summed E-state index contributed by atoms with van der Waals surface area (Å²) in [7, 11) is 1.49. The lowest BCUT2D eigenvalue weighted by Gasteiger charge is -2.21. The number of hydrogen-bond acceptors (Lipinski definition) is 10. The number of nitrogens with one attached hydrogen (secondary N) is 1. The first kappa shape index (κ1) is 19.6. The highest BCUT2D eigenvalue weighted by atomic mass is 16.5. The molecule has 1 unspecified atom stereocenters. The van der Waals surface area contributed by atoms with Gasteiger partial charge in [-0.3, -0.25) is 19.5 Å². The first-order valence-electron chi connectivity index (χ1n) is 9.69. The van der Waals surface area contributed by atoms with E-state index in [0.717, 1.165) is 5.56 Å². The SMILES string of the molecule is COc1ccnc(-c2noc(Cc3ccc4oc(=O)n(C5CCC(=O)NC5=O)c4c3)n2)n1. The number of amides is 2. The van der Waals surface area contributed by atoms with Crippen LogP contribution in [0.25, 0.3) is 22.7 Å². The minimum Gasteiger partial charge on any atom is -0.481 e. The quantitative estimate of drug-likeness (QED) is 0.448. The molecule has 0 saturated carbocycles. The fraction of sp³-hybridized carbons (Fsp3) is 0.250. The summed E-state index contributed by atoms with van der Waals surface area (Å²) in [5, 5.41) is 6.16. The van der Waals surface area contributed by atoms with E-state index in [1.54, 1.807) is 24.3 Å². The van der Waals surface area contributed by atoms with Crippen molar-refractivity contribution in [3.05, 3.63) is 52.5 Å². The molecule has 1 aliphatic heterocycles. The third-order valence-electron chi connectivity index (χ3n) is 5.06. The number of fused-ring (bicyclic) bond motifs is 1. The van der Waals surface area contributed by atoms with Crippen LogP contribution < -0.4 is 15.8 Å². The molecule has 1 aliphatic rings. The van der Waals surface area contributed by atoms with Gasteiger partial charge in [-0.2, -0.15) is 9.97 Å². The van der Waals surface area contributed by atoms with Crippen LogP contribution in [0.2, 0.25) is 0 Å². The van der Waals surface area contributed by atoms with Gasteiger partial charge in [0.15, 0.2) is 5.58 Å². The molecule has 0 bridgehead atoms. The van der Waals surface area contributed by atoms with Gasteiger partial charge in [-0.15, -0.1) is 0 Å². The number of nitrogens with zero attached hydrogens (tertiary/aromatic N) is 5. The van der Waals surface area contributed by atoms with Crippen LogP contribution in [0, 0.1) is 0 Å². The lowest BCUT2D eigenvalue weighted by Crippen LogP contribution is -2.43. The molecule has 3 aromatic heterocycles. The predicted octanol–water partition coefficient (Wildman–Crippen LogP) is 1.01. The Balaban J connectivity index is 1.45. The van der Waals surface area contributed by atoms with Crippen molar-refractivity contribution >= 4 is 22.9 Å². The topological polar surface area (TPSA) is 155 Å². The second-order valence-corrected chi connectivity index (χ2v) is 7.12. The average Bonchev–Trinajstić information content (AvgIpc) is 3.38. The molecular formula is C20H16N6O6. The highest BCUT2D eigenvalue weighted by Gasteiger charge is 2.31. The second kappa shape index (κ2) is 7.72. The van der Waals surface area contributed by atoms with Crippen molar-refractivity contribution in [1.29, 1.82) is 0 Å². The van der Waals surface area contributed by atoms with Crippen molar-refractivity contribution in [2.45, 2.75) is 25.3 Å². The van der Waals surface area contributed by atoms with Crippen molar-refractivity contribution in [1.82, 2.24) is 30.0 Å². The van der Waals surface area contributed by atoms with E-state index in [1.807, 2.05) is 0 Å². The largest absolute Gasteiger partial charge is 0.481 e. The Kier molecular flexibility index (Phi) is 4.73. The normalized spacial score (nSPS) is 16.3. The number of carbonyl (C=O) groups is 2. The van der Waals surface area contributed by atoms with E-state index in [2.05, 4.69) is 25.4 Å². The molecule has 12 nitrogen and oxygen atoms in total. The molecule has 4 aromatic rings. The standard InChI is InChI=1S/C20H16N6O6/c1-30-15-6-7-21-17(23-15)18-24-16(32-25-18)9-10-2-4-13-12(8-10)26(20(29)31-13)11-3-5-14(27)22-19(11)28/h2,4,6-8,11H,3,5,9H2,1H3,(H,22,27,28). The van der Waals surface area contributed by atoms with Gasteiger partial charge in [0, 0.05) is 18.7 Å². The summed E-state index contributed by atoms with van der Waals surface area (Å²) in [5.41, 5.74) is 1.53. The number of ether oxygens (including phenoxy) is 1. The van der Waals surface area contributed by atoms with E-state index in [0.29, 0.717) is 22.9 Å². The molecule has 12 heteroatoms. The number of aromatic nitrogens is 5. The van der Waals surface area contributed by atoms with Crippen molar-refractivity contribution in [2.24, 2.45) is 0 Å². The minimum absolute atomic E-state index is 0.145. The number of rotatable bonds is 5. The number of piperidine rings is 1. The van der Waals surface area contributed by atoms with Gasteiger partial charge in [0.25, 0.3) is 0 Å². The van der Waals surface area contributed by atoms with E-state index < -0.39 is 17.7 Å². The van der Waals surface area contributed by atoms with Crippen LogP contribution >= 0.6 is 0 Å². The van der Waals surface area contributed by atoms with Crippen LogP contribution in [-0.2, 0) is 16.0 Å². The zero-order valence-electron chi connectivity index (χ0n) is 16.8. The summed E-state index contributed by atoms with van der Waals surface area (Å²) in [6.07, 6.45) is 2.16. The van der Waals surface area contributed by atoms with Gasteiger partial charge >= 0.3 is 5.76 Å². The number of hydrogen-bond donors (Lipinski definition) is 1. The van der Waals surface area contributed by atoms with E-state index in [4.69, 9.17) is 13.7 Å². The molecule has 1 saturated heterocycles. The minimum atomic E-state index is -0.822. The third kappa shape index (κ3) is 3.51. The van der Waals surface area contributed by atoms with Gasteiger partial charge in [0.2, 0.25) is 35.2 Å². The average molecular weight is 436 g/mol. The van der Waals surface area contributed by atoms with Gasteiger partial charge in [-0.1, -0.05) is 11.2 Å². The van der Waals surface area contributed by atoms with Crippen LogP contribution in [0.1, 0.15) is 30.3 Å². The maximum absolute atomic E-state index is 12.4. The summed E-state index contributed by atoms with van der Waals surface area (Å²) >= 11 is 0. The number of benzene rings is 1. The van der Waals surface area contributed by atoms with E-state index in [1.165, 1.54) is 17.9 Å². The summed E-state index contributed by atoms with van der Waals surface area (Å²) in [4.78, 5) is 48.7. The second-order valence-electron chi connectivity index (χ2n) is 7.12. The van der Waals surface area contributed by atoms with Crippen molar-refractivity contribution in [3.8, 4) is 17.5 Å². The number of oxazole rings is 1. The highest BCUT2D eigenvalue weighted by Crippen LogP contribution is 2.25. The fourth-order valence-corrected chi connectivity index (χ4v) is 3.57. The van der Waals surface area contributed by atoms with Gasteiger partial charge in [-0.05, 0) is 24.1 Å². The van der Waals surface area contributed by atoms with Crippen LogP contribution in [-0.4, -0.2) is 43.6 Å². The Morgan fingerprint density at radius 2 is 2.06 bits per heavy atom. The summed E-state index contributed by atoms with van der Waals surface area (Å²) in [5.74, 6) is -0.402. The maximum Gasteiger partial charge on any atom is 0.420 e. The molecule has 1 N–H and O–H groups in total. The Hall–Kier alpha value is -4.35. The molecule has 4 heterocycles. The maximum atomic E-state index is 12.4. The van der Waals surface area contributed by atoms with Crippen molar-refractivity contribution in [3.63, 3.8) is 0 Å². The first-order chi connectivity index (χ1) is 15.5. The Labute approximate surface area is 179 Å². The lowest BCUT2D eigenvalue weighted by atomic mass is 10.1. The Morgan fingerprint density at radius 3 is 2.88 bits per heavy atom. The third-order valence-corrected chi connectivity index (χ3v) is 5.06. The summed E-state index contributed by atoms with van der Waals surface area (Å²) in [6, 6.07) is 5.89. The molecule has 0 aliphatic carbocycles. The van der Waals surface area contributed by atoms with Crippen LogP contribution in [0.5, 0.6) is 5.88 Å². The molecule has 0 radical (unpaired) electrons. The van der Waals surface area contributed by atoms with Crippen LogP contribution in [0.3, 0.4) is 0 Å². The van der Waals surface area contributed by atoms with Crippen LogP contribution in [0.4, 0.5) is 0 Å². The summed E-state index contributed by atoms with van der Waals surface area (Å²) in [6.45, 7) is 0. The van der Waals surface area contributed by atoms with E-state index >= 15 is 0 Å². The molecule has 1 atom stereocenters. The van der Waals surface area contributed by atoms with Crippen molar-refractivity contribution in [2.75, 3.05) is 7.11 Å². The monoisotopic (exact) mass is 436 g/mol. The first-order valence-corrected chi connectivity index (χ1v) is 9.69. The van der Waals surface area contributed by atoms with Crippen LogP contribution in [0.15, 0.2) is 44.2 Å². The van der Waals surface area contributed by atoms with Gasteiger partial charge in [0.05, 0.1) is 19.0 Å². The van der Waals surface area contributed by atoms with E-state index in [-0.39, 0.29) is 36.8 Å². The molecule has 162 valence electrons. The predicted molar refractivity (Wildman–Crippen MR) is 107 cm³/mol. The smallest absolute Gasteiger partial charge is 0.420 e. The molecule has 1 aromatic carbocycles. The Morgan fingerprint density at radius 1 is 1.19 bits per heavy atom. The molecule has 32 heavy (non-hydrogen) atoms. The van der Waals surface area contributed by atoms with Gasteiger partial charge in [-0.25, -0.2) is 9.78 Å². The number of carbonyl (C=O) groups excluding carboxylic acids is 2. The zero-order valence-corrected chi connectivity index (χ0v) is 16.8. The molecule has 1 fully saturated rings. The molecule has 2 amide bonds. The molecule has 5 rings (SSSR count). The zero-order chi connectivity index (χ0) is 22.2. The summed E-state index contributed by atoms with van der Waals surface area (Å²) < 4.78 is 16.9. The lowest BCUT2D eigenvalue weighted by molar-refractivity contribution is -0.135. The number of imide groups is 1. The van der Waals surface area contributed by atoms with Gasteiger partial charge in [0.1, 0.15) is 6.04 Å². The Bertz CT molecular complexity index is 1400. The number of methoxy groups -OCH3 is 1. The molecular weight excluding hydrogens is 420 g/mol.